The van der Waals surface area contributed by atoms with Crippen molar-refractivity contribution < 1.29 is 12.8 Å². The lowest BCUT2D eigenvalue weighted by Crippen LogP contribution is -2.10. The number of rotatable bonds is 4. The number of nitrogens with two attached hydrogens (primary N) is 1. The molecule has 0 fully saturated rings. The van der Waals surface area contributed by atoms with Gasteiger partial charge in [0.1, 0.15) is 10.8 Å². The molecule has 0 bridgehead atoms. The Labute approximate surface area is 95.5 Å². The van der Waals surface area contributed by atoms with Crippen molar-refractivity contribution in [3.05, 3.63) is 24.1 Å². The molecule has 0 saturated heterocycles. The van der Waals surface area contributed by atoms with Crippen LogP contribution >= 0.6 is 11.5 Å². The number of primary sulfonamides is 1. The summed E-state index contributed by atoms with van der Waals surface area (Å²) in [5, 5.41) is 12.0. The Balaban J connectivity index is 2.04. The van der Waals surface area contributed by atoms with Crippen LogP contribution in [0, 0.1) is 0 Å². The van der Waals surface area contributed by atoms with Gasteiger partial charge in [-0.25, -0.2) is 13.6 Å². The molecule has 3 N–H and O–H groups in total. The third kappa shape index (κ3) is 2.56. The Hall–Kier alpha value is -1.45. The van der Waals surface area contributed by atoms with E-state index in [0.29, 0.717) is 12.3 Å². The molecule has 86 valence electrons. The topological polar surface area (TPSA) is 111 Å². The monoisotopic (exact) mass is 260 g/mol. The summed E-state index contributed by atoms with van der Waals surface area (Å²) < 4.78 is 30.5. The molecule has 0 unspecified atom stereocenters. The first-order chi connectivity index (χ1) is 7.55. The highest BCUT2D eigenvalue weighted by atomic mass is 32.2. The summed E-state index contributed by atoms with van der Waals surface area (Å²) in [6, 6.07) is 2.86. The van der Waals surface area contributed by atoms with Crippen molar-refractivity contribution in [3.63, 3.8) is 0 Å². The van der Waals surface area contributed by atoms with Gasteiger partial charge in [0, 0.05) is 11.5 Å². The first-order valence-electron chi connectivity index (χ1n) is 4.18. The molecule has 2 aromatic rings. The lowest BCUT2D eigenvalue weighted by Gasteiger charge is -1.98. The predicted octanol–water partition coefficient (Wildman–Crippen LogP) is 0.391. The maximum atomic E-state index is 10.9. The largest absolute Gasteiger partial charge is 0.446 e. The lowest BCUT2D eigenvalue weighted by atomic mass is 10.4. The van der Waals surface area contributed by atoms with Gasteiger partial charge >= 0.3 is 0 Å². The van der Waals surface area contributed by atoms with Crippen LogP contribution in [0.5, 0.6) is 0 Å². The Bertz CT molecular complexity index is 560. The zero-order valence-electron chi connectivity index (χ0n) is 7.95. The molecule has 2 aromatic heterocycles. The molecule has 0 amide bonds. The summed E-state index contributed by atoms with van der Waals surface area (Å²) in [4.78, 5) is 0. The number of sulfonamides is 1. The van der Waals surface area contributed by atoms with Crippen LogP contribution in [0.2, 0.25) is 0 Å². The summed E-state index contributed by atoms with van der Waals surface area (Å²) in [7, 11) is -3.77. The van der Waals surface area contributed by atoms with E-state index in [4.69, 9.17) is 9.56 Å². The normalized spacial score (nSPS) is 11.6. The second-order valence-electron chi connectivity index (χ2n) is 2.90. The van der Waals surface area contributed by atoms with E-state index < -0.39 is 10.0 Å². The quantitative estimate of drug-likeness (QED) is 0.822. The molecule has 9 heteroatoms. The summed E-state index contributed by atoms with van der Waals surface area (Å²) in [5.41, 5.74) is 0. The molecule has 0 aliphatic heterocycles. The number of nitrogens with one attached hydrogen (secondary N) is 1. The van der Waals surface area contributed by atoms with Crippen LogP contribution < -0.4 is 10.5 Å². The van der Waals surface area contributed by atoms with Gasteiger partial charge in [0.2, 0.25) is 5.09 Å². The van der Waals surface area contributed by atoms with Crippen LogP contribution in [0.1, 0.15) is 5.76 Å². The van der Waals surface area contributed by atoms with E-state index in [-0.39, 0.29) is 5.09 Å². The zero-order valence-corrected chi connectivity index (χ0v) is 9.59. The van der Waals surface area contributed by atoms with Gasteiger partial charge in [-0.05, 0) is 12.1 Å². The highest BCUT2D eigenvalue weighted by Crippen LogP contribution is 2.15. The molecule has 2 heterocycles. The lowest BCUT2D eigenvalue weighted by molar-refractivity contribution is 0.419. The SMILES string of the molecule is NS(=O)(=O)c1ccc(CNc2cnns2)o1. The molecule has 0 aromatic carbocycles. The second-order valence-corrected chi connectivity index (χ2v) is 5.18. The number of aromatic nitrogens is 2. The van der Waals surface area contributed by atoms with Gasteiger partial charge in [0.05, 0.1) is 12.7 Å². The van der Waals surface area contributed by atoms with E-state index in [1.54, 1.807) is 12.3 Å². The van der Waals surface area contributed by atoms with Crippen molar-refractivity contribution in [2.45, 2.75) is 11.6 Å². The Morgan fingerprint density at radius 2 is 2.31 bits per heavy atom. The Kier molecular flexibility index (Phi) is 2.90. The molecule has 0 atom stereocenters. The standard InChI is InChI=1S/C7H8N4O3S2/c8-16(12,13)7-2-1-5(14-7)3-9-6-4-10-11-15-6/h1-2,4,9H,3H2,(H2,8,12,13). The Morgan fingerprint density at radius 1 is 1.50 bits per heavy atom. The second kappa shape index (κ2) is 4.20. The fourth-order valence-corrected chi connectivity index (χ4v) is 1.92. The number of hydrogen-bond acceptors (Lipinski definition) is 7. The van der Waals surface area contributed by atoms with Gasteiger partial charge in [-0.1, -0.05) is 4.49 Å². The van der Waals surface area contributed by atoms with Gasteiger partial charge < -0.3 is 9.73 Å². The third-order valence-electron chi connectivity index (χ3n) is 1.72. The molecule has 0 spiro atoms. The summed E-state index contributed by atoms with van der Waals surface area (Å²) in [6.07, 6.45) is 1.56. The van der Waals surface area contributed by atoms with Crippen LogP contribution in [0.3, 0.4) is 0 Å². The molecular weight excluding hydrogens is 252 g/mol. The predicted molar refractivity (Wildman–Crippen MR) is 57.3 cm³/mol. The number of furan rings is 1. The minimum atomic E-state index is -3.77. The van der Waals surface area contributed by atoms with Gasteiger partial charge in [-0.3, -0.25) is 0 Å². The van der Waals surface area contributed by atoms with Crippen molar-refractivity contribution >= 4 is 26.6 Å². The number of anilines is 1. The number of nitrogens with zero attached hydrogens (tertiary/aromatic N) is 2. The summed E-state index contributed by atoms with van der Waals surface area (Å²) >= 11 is 1.20. The Morgan fingerprint density at radius 3 is 2.88 bits per heavy atom. The smallest absolute Gasteiger partial charge is 0.271 e. The van der Waals surface area contributed by atoms with Gasteiger partial charge in [0.15, 0.2) is 0 Å². The van der Waals surface area contributed by atoms with E-state index >= 15 is 0 Å². The highest BCUT2D eigenvalue weighted by molar-refractivity contribution is 7.89. The average Bonchev–Trinajstić information content (AvgIpc) is 2.85. The van der Waals surface area contributed by atoms with Crippen molar-refractivity contribution in [1.82, 2.24) is 9.59 Å². The molecule has 0 radical (unpaired) electrons. The van der Waals surface area contributed by atoms with E-state index in [9.17, 15) is 8.42 Å². The van der Waals surface area contributed by atoms with Crippen LogP contribution in [-0.4, -0.2) is 18.0 Å². The van der Waals surface area contributed by atoms with Crippen LogP contribution in [0.15, 0.2) is 27.8 Å². The maximum absolute atomic E-state index is 10.9. The van der Waals surface area contributed by atoms with Gasteiger partial charge in [-0.2, -0.15) is 0 Å². The number of hydrogen-bond donors (Lipinski definition) is 2. The van der Waals surface area contributed by atoms with E-state index in [2.05, 4.69) is 14.9 Å². The first-order valence-corrected chi connectivity index (χ1v) is 6.50. The van der Waals surface area contributed by atoms with Crippen LogP contribution in [0.25, 0.3) is 0 Å². The van der Waals surface area contributed by atoms with Gasteiger partial charge in [0.25, 0.3) is 10.0 Å². The summed E-state index contributed by atoms with van der Waals surface area (Å²) in [5.74, 6) is 0.470. The van der Waals surface area contributed by atoms with E-state index in [1.165, 1.54) is 17.6 Å². The third-order valence-corrected chi connectivity index (χ3v) is 3.12. The van der Waals surface area contributed by atoms with Gasteiger partial charge in [-0.15, -0.1) is 5.10 Å². The van der Waals surface area contributed by atoms with Crippen LogP contribution in [-0.2, 0) is 16.6 Å². The van der Waals surface area contributed by atoms with Crippen molar-refractivity contribution in [2.75, 3.05) is 5.32 Å². The van der Waals surface area contributed by atoms with E-state index in [0.717, 1.165) is 5.00 Å². The first kappa shape index (κ1) is 11.0. The molecule has 0 saturated carbocycles. The minimum Gasteiger partial charge on any atom is -0.446 e. The van der Waals surface area contributed by atoms with Crippen molar-refractivity contribution in [3.8, 4) is 0 Å². The summed E-state index contributed by atoms with van der Waals surface area (Å²) in [6.45, 7) is 0.347. The molecule has 2 rings (SSSR count). The molecule has 16 heavy (non-hydrogen) atoms. The molecule has 0 aliphatic rings. The fraction of sp³-hybridized carbons (Fsp3) is 0.143. The minimum absolute atomic E-state index is 0.244. The van der Waals surface area contributed by atoms with E-state index in [1.807, 2.05) is 0 Å². The highest BCUT2D eigenvalue weighted by Gasteiger charge is 2.12. The van der Waals surface area contributed by atoms with Crippen molar-refractivity contribution in [2.24, 2.45) is 5.14 Å². The van der Waals surface area contributed by atoms with Crippen molar-refractivity contribution in [1.29, 1.82) is 0 Å². The van der Waals surface area contributed by atoms with Crippen LogP contribution in [0.4, 0.5) is 5.00 Å². The molecule has 0 aliphatic carbocycles. The molecular formula is C7H8N4O3S2. The maximum Gasteiger partial charge on any atom is 0.271 e. The average molecular weight is 260 g/mol. The molecule has 7 nitrogen and oxygen atoms in total. The zero-order chi connectivity index (χ0) is 11.6. The fourth-order valence-electron chi connectivity index (χ4n) is 1.03.